The first-order valence-electron chi connectivity index (χ1n) is 4.97. The van der Waals surface area contributed by atoms with Crippen LogP contribution in [0, 0.1) is 0 Å². The molecule has 3 nitrogen and oxygen atoms in total. The lowest BCUT2D eigenvalue weighted by atomic mass is 10.2. The second-order valence-electron chi connectivity index (χ2n) is 3.38. The van der Waals surface area contributed by atoms with Crippen molar-refractivity contribution in [1.29, 1.82) is 0 Å². The second kappa shape index (κ2) is 5.29. The summed E-state index contributed by atoms with van der Waals surface area (Å²) in [5.41, 5.74) is 1.59. The number of halogens is 1. The van der Waals surface area contributed by atoms with E-state index in [4.69, 9.17) is 11.6 Å². The van der Waals surface area contributed by atoms with Crippen LogP contribution >= 0.6 is 22.9 Å². The fourth-order valence-electron chi connectivity index (χ4n) is 1.37. The average molecular weight is 268 g/mol. The molecule has 88 valence electrons. The highest BCUT2D eigenvalue weighted by Crippen LogP contribution is 2.30. The van der Waals surface area contributed by atoms with Crippen LogP contribution in [0.5, 0.6) is 0 Å². The molecule has 0 bridgehead atoms. The van der Waals surface area contributed by atoms with Gasteiger partial charge in [-0.3, -0.25) is 4.79 Å². The summed E-state index contributed by atoms with van der Waals surface area (Å²) in [6, 6.07) is 7.50. The van der Waals surface area contributed by atoms with Crippen LogP contribution in [0.4, 0.5) is 0 Å². The maximum absolute atomic E-state index is 11.1. The number of hydrogen-bond acceptors (Lipinski definition) is 4. The van der Waals surface area contributed by atoms with Gasteiger partial charge in [0.15, 0.2) is 0 Å². The number of rotatable bonds is 3. The van der Waals surface area contributed by atoms with E-state index in [-0.39, 0.29) is 12.4 Å². The van der Waals surface area contributed by atoms with Crippen molar-refractivity contribution in [2.24, 2.45) is 0 Å². The monoisotopic (exact) mass is 267 g/mol. The number of benzene rings is 1. The molecule has 0 amide bonds. The number of hydrogen-bond donors (Lipinski definition) is 0. The van der Waals surface area contributed by atoms with Crippen LogP contribution < -0.4 is 0 Å². The molecule has 0 N–H and O–H groups in total. The molecule has 0 unspecified atom stereocenters. The Morgan fingerprint density at radius 2 is 2.24 bits per heavy atom. The topological polar surface area (TPSA) is 39.2 Å². The minimum atomic E-state index is -0.291. The molecule has 0 aliphatic carbocycles. The number of nitrogens with zero attached hydrogens (tertiary/aromatic N) is 1. The molecule has 1 aromatic carbocycles. The minimum absolute atomic E-state index is 0.192. The summed E-state index contributed by atoms with van der Waals surface area (Å²) in [6.45, 7) is 0. The number of carbonyl (C=O) groups is 1. The third-order valence-electron chi connectivity index (χ3n) is 2.21. The normalized spacial score (nSPS) is 10.2. The summed E-state index contributed by atoms with van der Waals surface area (Å²) in [5, 5.41) is 3.32. The van der Waals surface area contributed by atoms with Gasteiger partial charge in [-0.25, -0.2) is 4.98 Å². The van der Waals surface area contributed by atoms with E-state index < -0.39 is 0 Å². The highest BCUT2D eigenvalue weighted by atomic mass is 35.5. The fraction of sp³-hybridized carbons (Fsp3) is 0.167. The van der Waals surface area contributed by atoms with Crippen molar-refractivity contribution < 1.29 is 9.53 Å². The smallest absolute Gasteiger partial charge is 0.311 e. The average Bonchev–Trinajstić information content (AvgIpc) is 2.78. The number of ether oxygens (including phenoxy) is 1. The van der Waals surface area contributed by atoms with Crippen molar-refractivity contribution >= 4 is 28.9 Å². The van der Waals surface area contributed by atoms with Crippen LogP contribution in [-0.2, 0) is 16.0 Å². The maximum Gasteiger partial charge on any atom is 0.311 e. The van der Waals surface area contributed by atoms with Crippen LogP contribution in [0.3, 0.4) is 0 Å². The molecule has 0 fully saturated rings. The van der Waals surface area contributed by atoms with Crippen molar-refractivity contribution in [3.05, 3.63) is 40.4 Å². The molecule has 5 heteroatoms. The van der Waals surface area contributed by atoms with Gasteiger partial charge < -0.3 is 4.74 Å². The molecule has 1 aromatic heterocycles. The molecule has 0 aliphatic heterocycles. The van der Waals surface area contributed by atoms with Gasteiger partial charge >= 0.3 is 5.97 Å². The first kappa shape index (κ1) is 12.1. The molecule has 2 rings (SSSR count). The lowest BCUT2D eigenvalue weighted by Crippen LogP contribution is -2.04. The molecule has 0 spiro atoms. The zero-order valence-electron chi connectivity index (χ0n) is 9.14. The van der Waals surface area contributed by atoms with E-state index in [0.717, 1.165) is 10.6 Å². The van der Waals surface area contributed by atoms with E-state index in [2.05, 4.69) is 9.72 Å². The Hall–Kier alpha value is -1.39. The van der Waals surface area contributed by atoms with Gasteiger partial charge in [-0.2, -0.15) is 0 Å². The number of thiazole rings is 1. The predicted octanol–water partition coefficient (Wildman–Crippen LogP) is 3.18. The van der Waals surface area contributed by atoms with Gasteiger partial charge in [0, 0.05) is 10.9 Å². The molecule has 1 heterocycles. The summed E-state index contributed by atoms with van der Waals surface area (Å²) >= 11 is 7.54. The van der Waals surface area contributed by atoms with Gasteiger partial charge in [0.25, 0.3) is 0 Å². The van der Waals surface area contributed by atoms with Crippen molar-refractivity contribution in [2.75, 3.05) is 7.11 Å². The van der Waals surface area contributed by atoms with Crippen LogP contribution in [0.15, 0.2) is 29.6 Å². The van der Waals surface area contributed by atoms with Crippen molar-refractivity contribution in [2.45, 2.75) is 6.42 Å². The van der Waals surface area contributed by atoms with Crippen LogP contribution in [0.1, 0.15) is 5.69 Å². The number of methoxy groups -OCH3 is 1. The SMILES string of the molecule is COC(=O)Cc1csc(-c2ccccc2Cl)n1. The van der Waals surface area contributed by atoms with Gasteiger partial charge in [0.2, 0.25) is 0 Å². The van der Waals surface area contributed by atoms with E-state index in [1.54, 1.807) is 0 Å². The largest absolute Gasteiger partial charge is 0.469 e. The number of esters is 1. The minimum Gasteiger partial charge on any atom is -0.469 e. The predicted molar refractivity (Wildman–Crippen MR) is 68.3 cm³/mol. The molecule has 2 aromatic rings. The first-order chi connectivity index (χ1) is 8.20. The van der Waals surface area contributed by atoms with Crippen LogP contribution in [-0.4, -0.2) is 18.1 Å². The maximum atomic E-state index is 11.1. The summed E-state index contributed by atoms with van der Waals surface area (Å²) in [5.74, 6) is -0.291. The van der Waals surface area contributed by atoms with Crippen LogP contribution in [0.25, 0.3) is 10.6 Å². The standard InChI is InChI=1S/C12H10ClNO2S/c1-16-11(15)6-8-7-17-12(14-8)9-4-2-3-5-10(9)13/h2-5,7H,6H2,1H3. The lowest BCUT2D eigenvalue weighted by molar-refractivity contribution is -0.139. The van der Waals surface area contributed by atoms with Crippen molar-refractivity contribution in [3.63, 3.8) is 0 Å². The third-order valence-corrected chi connectivity index (χ3v) is 3.46. The van der Waals surface area contributed by atoms with Gasteiger partial charge in [-0.05, 0) is 6.07 Å². The first-order valence-corrected chi connectivity index (χ1v) is 6.22. The highest BCUT2D eigenvalue weighted by molar-refractivity contribution is 7.13. The summed E-state index contributed by atoms with van der Waals surface area (Å²) in [6.07, 6.45) is 0.192. The zero-order valence-corrected chi connectivity index (χ0v) is 10.7. The summed E-state index contributed by atoms with van der Waals surface area (Å²) in [7, 11) is 1.36. The number of aromatic nitrogens is 1. The Labute approximate surface area is 108 Å². The fourth-order valence-corrected chi connectivity index (χ4v) is 2.51. The molecule has 0 aliphatic rings. The number of carbonyl (C=O) groups excluding carboxylic acids is 1. The highest BCUT2D eigenvalue weighted by Gasteiger charge is 2.10. The molecular weight excluding hydrogens is 258 g/mol. The molecule has 0 radical (unpaired) electrons. The Kier molecular flexibility index (Phi) is 3.76. The second-order valence-corrected chi connectivity index (χ2v) is 4.64. The van der Waals surface area contributed by atoms with E-state index >= 15 is 0 Å². The van der Waals surface area contributed by atoms with E-state index in [9.17, 15) is 4.79 Å². The van der Waals surface area contributed by atoms with Crippen molar-refractivity contribution in [1.82, 2.24) is 4.98 Å². The van der Waals surface area contributed by atoms with Gasteiger partial charge in [0.1, 0.15) is 5.01 Å². The van der Waals surface area contributed by atoms with E-state index in [1.165, 1.54) is 18.4 Å². The van der Waals surface area contributed by atoms with Gasteiger partial charge in [0.05, 0.1) is 24.2 Å². The van der Waals surface area contributed by atoms with Crippen LogP contribution in [0.2, 0.25) is 5.02 Å². The lowest BCUT2D eigenvalue weighted by Gasteiger charge is -1.98. The molecule has 0 saturated carbocycles. The molecule has 17 heavy (non-hydrogen) atoms. The quantitative estimate of drug-likeness (QED) is 0.802. The van der Waals surface area contributed by atoms with Gasteiger partial charge in [-0.1, -0.05) is 29.8 Å². The van der Waals surface area contributed by atoms with E-state index in [1.807, 2.05) is 29.6 Å². The Balaban J connectivity index is 2.24. The van der Waals surface area contributed by atoms with E-state index in [0.29, 0.717) is 10.7 Å². The molecular formula is C12H10ClNO2S. The van der Waals surface area contributed by atoms with Crippen molar-refractivity contribution in [3.8, 4) is 10.6 Å². The Morgan fingerprint density at radius 3 is 2.94 bits per heavy atom. The summed E-state index contributed by atoms with van der Waals surface area (Å²) < 4.78 is 4.59. The Bertz CT molecular complexity index is 539. The molecule has 0 saturated heterocycles. The summed E-state index contributed by atoms with van der Waals surface area (Å²) in [4.78, 5) is 15.5. The third kappa shape index (κ3) is 2.84. The Morgan fingerprint density at radius 1 is 1.47 bits per heavy atom. The zero-order chi connectivity index (χ0) is 12.3. The molecule has 0 atom stereocenters. The van der Waals surface area contributed by atoms with Gasteiger partial charge in [-0.15, -0.1) is 11.3 Å².